The summed E-state index contributed by atoms with van der Waals surface area (Å²) >= 11 is 17.0. The summed E-state index contributed by atoms with van der Waals surface area (Å²) in [7, 11) is 0. The number of hydrogen-bond donors (Lipinski definition) is 2. The summed E-state index contributed by atoms with van der Waals surface area (Å²) in [6.45, 7) is 0. The Morgan fingerprint density at radius 2 is 1.65 bits per heavy atom. The van der Waals surface area contributed by atoms with Gasteiger partial charge in [0.15, 0.2) is 5.11 Å². The van der Waals surface area contributed by atoms with Gasteiger partial charge < -0.3 is 10.6 Å². The van der Waals surface area contributed by atoms with Crippen molar-refractivity contribution in [2.75, 3.05) is 10.6 Å². The molecule has 2 aromatic rings. The van der Waals surface area contributed by atoms with Gasteiger partial charge in [-0.3, -0.25) is 0 Å². The van der Waals surface area contributed by atoms with Gasteiger partial charge in [0.05, 0.1) is 11.6 Å². The van der Waals surface area contributed by atoms with Crippen LogP contribution in [-0.4, -0.2) is 5.11 Å². The average molecular weight is 322 g/mol. The molecule has 0 saturated heterocycles. The minimum Gasteiger partial charge on any atom is -0.332 e. The fourth-order valence-electron chi connectivity index (χ4n) is 1.59. The van der Waals surface area contributed by atoms with Crippen molar-refractivity contribution in [2.45, 2.75) is 0 Å². The van der Waals surface area contributed by atoms with Crippen LogP contribution in [0.2, 0.25) is 10.0 Å². The van der Waals surface area contributed by atoms with Crippen LogP contribution in [0.15, 0.2) is 42.5 Å². The van der Waals surface area contributed by atoms with E-state index in [1.165, 1.54) is 0 Å². The molecule has 0 aliphatic carbocycles. The van der Waals surface area contributed by atoms with Crippen molar-refractivity contribution in [3.8, 4) is 6.07 Å². The number of benzene rings is 2. The lowest BCUT2D eigenvalue weighted by atomic mass is 10.2. The van der Waals surface area contributed by atoms with E-state index < -0.39 is 0 Å². The van der Waals surface area contributed by atoms with E-state index in [0.29, 0.717) is 26.4 Å². The molecule has 0 heterocycles. The Balaban J connectivity index is 2.07. The number of halogens is 2. The molecule has 2 rings (SSSR count). The smallest absolute Gasteiger partial charge is 0.175 e. The van der Waals surface area contributed by atoms with Crippen LogP contribution in [0.25, 0.3) is 0 Å². The summed E-state index contributed by atoms with van der Waals surface area (Å²) < 4.78 is 0. The van der Waals surface area contributed by atoms with Gasteiger partial charge >= 0.3 is 0 Å². The maximum absolute atomic E-state index is 8.84. The monoisotopic (exact) mass is 321 g/mol. The van der Waals surface area contributed by atoms with Crippen molar-refractivity contribution in [3.63, 3.8) is 0 Å². The molecule has 0 bridgehead atoms. The van der Waals surface area contributed by atoms with E-state index in [4.69, 9.17) is 40.7 Å². The molecule has 0 aliphatic heterocycles. The van der Waals surface area contributed by atoms with Crippen LogP contribution >= 0.6 is 35.4 Å². The lowest BCUT2D eigenvalue weighted by Gasteiger charge is -2.11. The molecule has 0 atom stereocenters. The van der Waals surface area contributed by atoms with Gasteiger partial charge in [-0.25, -0.2) is 0 Å². The largest absolute Gasteiger partial charge is 0.332 e. The molecule has 0 amide bonds. The number of thiocarbonyl (C=S) groups is 1. The molecule has 0 saturated carbocycles. The summed E-state index contributed by atoms with van der Waals surface area (Å²) in [6, 6.07) is 14.2. The third-order valence-electron chi connectivity index (χ3n) is 2.37. The molecule has 0 aliphatic rings. The zero-order valence-electron chi connectivity index (χ0n) is 10.2. The van der Waals surface area contributed by atoms with E-state index in [9.17, 15) is 0 Å². The van der Waals surface area contributed by atoms with E-state index in [1.807, 2.05) is 6.07 Å². The molecule has 2 aromatic carbocycles. The number of nitriles is 1. The molecule has 3 nitrogen and oxygen atoms in total. The van der Waals surface area contributed by atoms with Crippen LogP contribution in [0.3, 0.4) is 0 Å². The molecule has 100 valence electrons. The van der Waals surface area contributed by atoms with E-state index in [1.54, 1.807) is 36.4 Å². The molecule has 6 heteroatoms. The standard InChI is InChI=1S/C14H9Cl2N3S/c15-10-5-11(16)7-13(6-10)19-14(20)18-12-3-1-2-9(4-12)8-17/h1-7H,(H2,18,19,20). The van der Waals surface area contributed by atoms with E-state index in [2.05, 4.69) is 16.7 Å². The topological polar surface area (TPSA) is 47.9 Å². The highest BCUT2D eigenvalue weighted by Gasteiger charge is 2.02. The minimum atomic E-state index is 0.387. The van der Waals surface area contributed by atoms with Crippen LogP contribution < -0.4 is 10.6 Å². The molecule has 0 unspecified atom stereocenters. The first kappa shape index (κ1) is 14.6. The van der Waals surface area contributed by atoms with Gasteiger partial charge in [0.2, 0.25) is 0 Å². The van der Waals surface area contributed by atoms with Gasteiger partial charge in [-0.1, -0.05) is 29.3 Å². The van der Waals surface area contributed by atoms with Crippen LogP contribution in [0.4, 0.5) is 11.4 Å². The van der Waals surface area contributed by atoms with Gasteiger partial charge in [0.25, 0.3) is 0 Å². The summed E-state index contributed by atoms with van der Waals surface area (Å²) in [4.78, 5) is 0. The zero-order valence-corrected chi connectivity index (χ0v) is 12.5. The predicted molar refractivity (Wildman–Crippen MR) is 87.5 cm³/mol. The summed E-state index contributed by atoms with van der Waals surface area (Å²) in [5, 5.41) is 16.2. The van der Waals surface area contributed by atoms with Crippen molar-refractivity contribution in [1.29, 1.82) is 5.26 Å². The Hall–Kier alpha value is -1.80. The number of anilines is 2. The molecule has 0 fully saturated rings. The van der Waals surface area contributed by atoms with Crippen molar-refractivity contribution in [1.82, 2.24) is 0 Å². The van der Waals surface area contributed by atoms with Gasteiger partial charge in [-0.15, -0.1) is 0 Å². The van der Waals surface area contributed by atoms with Crippen molar-refractivity contribution >= 4 is 51.9 Å². The molecular weight excluding hydrogens is 313 g/mol. The van der Waals surface area contributed by atoms with E-state index in [0.717, 1.165) is 5.69 Å². The third-order valence-corrected chi connectivity index (χ3v) is 3.01. The first-order valence-electron chi connectivity index (χ1n) is 5.61. The SMILES string of the molecule is N#Cc1cccc(NC(=S)Nc2cc(Cl)cc(Cl)c2)c1. The lowest BCUT2D eigenvalue weighted by molar-refractivity contribution is 1.48. The molecule has 0 radical (unpaired) electrons. The van der Waals surface area contributed by atoms with Crippen LogP contribution in [0.5, 0.6) is 0 Å². The number of nitrogens with one attached hydrogen (secondary N) is 2. The van der Waals surface area contributed by atoms with Crippen LogP contribution in [0, 0.1) is 11.3 Å². The van der Waals surface area contributed by atoms with Gasteiger partial charge in [0.1, 0.15) is 0 Å². The molecule has 0 aromatic heterocycles. The normalized spacial score (nSPS) is 9.65. The summed E-state index contributed by atoms with van der Waals surface area (Å²) in [5.74, 6) is 0. The number of nitrogens with zero attached hydrogens (tertiary/aromatic N) is 1. The van der Waals surface area contributed by atoms with Crippen molar-refractivity contribution < 1.29 is 0 Å². The zero-order chi connectivity index (χ0) is 14.5. The third kappa shape index (κ3) is 4.10. The number of rotatable bonds is 2. The quantitative estimate of drug-likeness (QED) is 0.789. The van der Waals surface area contributed by atoms with Crippen molar-refractivity contribution in [3.05, 3.63) is 58.1 Å². The Morgan fingerprint density at radius 1 is 1.00 bits per heavy atom. The lowest BCUT2D eigenvalue weighted by Crippen LogP contribution is -2.19. The summed E-state index contributed by atoms with van der Waals surface area (Å²) in [6.07, 6.45) is 0. The maximum Gasteiger partial charge on any atom is 0.175 e. The Kier molecular flexibility index (Phi) is 4.80. The Morgan fingerprint density at radius 3 is 2.30 bits per heavy atom. The Bertz CT molecular complexity index is 675. The average Bonchev–Trinajstić information content (AvgIpc) is 2.37. The second kappa shape index (κ2) is 6.58. The second-order valence-corrected chi connectivity index (χ2v) is 5.21. The fraction of sp³-hybridized carbons (Fsp3) is 0. The van der Waals surface area contributed by atoms with E-state index in [-0.39, 0.29) is 0 Å². The summed E-state index contributed by atoms with van der Waals surface area (Å²) in [5.41, 5.74) is 1.98. The van der Waals surface area contributed by atoms with Gasteiger partial charge in [-0.2, -0.15) is 5.26 Å². The van der Waals surface area contributed by atoms with Crippen molar-refractivity contribution in [2.24, 2.45) is 0 Å². The highest BCUT2D eigenvalue weighted by molar-refractivity contribution is 7.80. The van der Waals surface area contributed by atoms with Gasteiger partial charge in [-0.05, 0) is 48.6 Å². The van der Waals surface area contributed by atoms with Gasteiger partial charge in [0, 0.05) is 21.4 Å². The Labute approximate surface area is 132 Å². The molecule has 0 spiro atoms. The van der Waals surface area contributed by atoms with E-state index >= 15 is 0 Å². The minimum absolute atomic E-state index is 0.387. The maximum atomic E-state index is 8.84. The highest BCUT2D eigenvalue weighted by Crippen LogP contribution is 2.22. The first-order valence-corrected chi connectivity index (χ1v) is 6.77. The highest BCUT2D eigenvalue weighted by atomic mass is 35.5. The van der Waals surface area contributed by atoms with Crippen LogP contribution in [0.1, 0.15) is 5.56 Å². The first-order chi connectivity index (χ1) is 9.56. The predicted octanol–water partition coefficient (Wildman–Crippen LogP) is 4.67. The molecule has 20 heavy (non-hydrogen) atoms. The molecular formula is C14H9Cl2N3S. The van der Waals surface area contributed by atoms with Crippen LogP contribution in [-0.2, 0) is 0 Å². The molecule has 2 N–H and O–H groups in total. The number of hydrogen-bond acceptors (Lipinski definition) is 2. The fourth-order valence-corrected chi connectivity index (χ4v) is 2.35. The second-order valence-electron chi connectivity index (χ2n) is 3.93.